The molecule has 0 heterocycles. The van der Waals surface area contributed by atoms with Crippen molar-refractivity contribution < 1.29 is 49.2 Å². The van der Waals surface area contributed by atoms with Crippen molar-refractivity contribution in [2.24, 2.45) is 22.2 Å². The van der Waals surface area contributed by atoms with Crippen LogP contribution in [0.5, 0.6) is 0 Å². The highest BCUT2D eigenvalue weighted by molar-refractivity contribution is 5.95. The number of aliphatic imine (C=N–C) groups is 1. The Morgan fingerprint density at radius 2 is 1.42 bits per heavy atom. The number of nitrogens with two attached hydrogens (primary N) is 3. The predicted molar refractivity (Wildman–Crippen MR) is 122 cm³/mol. The molecule has 36 heavy (non-hydrogen) atoms. The molecule has 0 bridgehead atoms. The minimum absolute atomic E-state index is 0.0843. The molecule has 0 aliphatic carbocycles. The van der Waals surface area contributed by atoms with Gasteiger partial charge in [0.1, 0.15) is 18.1 Å². The molecular weight excluding hydrogens is 486 g/mol. The zero-order valence-corrected chi connectivity index (χ0v) is 19.5. The Morgan fingerprint density at radius 3 is 1.89 bits per heavy atom. The zero-order chi connectivity index (χ0) is 28.0. The number of carbonyl (C=O) groups is 6. The van der Waals surface area contributed by atoms with E-state index in [9.17, 15) is 39.0 Å². The van der Waals surface area contributed by atoms with Gasteiger partial charge in [-0.25, -0.2) is 4.79 Å². The van der Waals surface area contributed by atoms with Gasteiger partial charge < -0.3 is 53.6 Å². The third-order valence-electron chi connectivity index (χ3n) is 4.63. The van der Waals surface area contributed by atoms with Crippen molar-refractivity contribution in [1.29, 1.82) is 0 Å². The van der Waals surface area contributed by atoms with Gasteiger partial charge in [0.2, 0.25) is 17.7 Å². The van der Waals surface area contributed by atoms with Crippen molar-refractivity contribution in [3.8, 4) is 0 Å². The van der Waals surface area contributed by atoms with Crippen LogP contribution in [0.15, 0.2) is 4.99 Å². The SMILES string of the molecule is CC(O)C(NC(=O)C(N)CC(=O)O)C(=O)NC(CCC(=O)O)C(=O)NC(CCCN=C(N)N)C(=O)O. The van der Waals surface area contributed by atoms with Crippen LogP contribution >= 0.6 is 0 Å². The Labute approximate surface area is 205 Å². The van der Waals surface area contributed by atoms with Crippen molar-refractivity contribution >= 4 is 41.6 Å². The fourth-order valence-electron chi connectivity index (χ4n) is 2.78. The molecule has 5 unspecified atom stereocenters. The van der Waals surface area contributed by atoms with Gasteiger partial charge in [0.05, 0.1) is 18.6 Å². The number of nitrogens with zero attached hydrogens (tertiary/aromatic N) is 1. The number of rotatable bonds is 17. The topological polar surface area (TPSA) is 310 Å². The second kappa shape index (κ2) is 15.8. The number of hydrogen-bond donors (Lipinski definition) is 10. The molecule has 0 aliphatic heterocycles. The van der Waals surface area contributed by atoms with Gasteiger partial charge in [0.15, 0.2) is 5.96 Å². The number of hydrogen-bond acceptors (Lipinski definition) is 9. The number of aliphatic hydroxyl groups is 1. The molecule has 13 N–H and O–H groups in total. The summed E-state index contributed by atoms with van der Waals surface area (Å²) >= 11 is 0. The lowest BCUT2D eigenvalue weighted by atomic mass is 10.1. The number of aliphatic carboxylic acids is 3. The monoisotopic (exact) mass is 519 g/mol. The van der Waals surface area contributed by atoms with E-state index in [0.717, 1.165) is 6.92 Å². The summed E-state index contributed by atoms with van der Waals surface area (Å²) in [7, 11) is 0. The van der Waals surface area contributed by atoms with Gasteiger partial charge in [-0.3, -0.25) is 29.0 Å². The molecule has 0 aromatic rings. The summed E-state index contributed by atoms with van der Waals surface area (Å²) in [6.07, 6.45) is -3.25. The lowest BCUT2D eigenvalue weighted by molar-refractivity contribution is -0.143. The Morgan fingerprint density at radius 1 is 0.833 bits per heavy atom. The molecule has 5 atom stereocenters. The van der Waals surface area contributed by atoms with Gasteiger partial charge in [-0.2, -0.15) is 0 Å². The first-order valence-corrected chi connectivity index (χ1v) is 10.7. The second-order valence-electron chi connectivity index (χ2n) is 7.77. The molecule has 17 heteroatoms. The van der Waals surface area contributed by atoms with Gasteiger partial charge >= 0.3 is 17.9 Å². The van der Waals surface area contributed by atoms with E-state index >= 15 is 0 Å². The molecule has 204 valence electrons. The van der Waals surface area contributed by atoms with Crippen LogP contribution in [0.4, 0.5) is 0 Å². The minimum atomic E-state index is -1.69. The van der Waals surface area contributed by atoms with Crippen LogP contribution in [0.1, 0.15) is 39.0 Å². The largest absolute Gasteiger partial charge is 0.481 e. The number of guanidine groups is 1. The maximum absolute atomic E-state index is 12.7. The van der Waals surface area contributed by atoms with Crippen LogP contribution in [-0.4, -0.2) is 98.8 Å². The van der Waals surface area contributed by atoms with Crippen LogP contribution in [-0.2, 0) is 28.8 Å². The molecule has 0 aromatic carbocycles. The first-order chi connectivity index (χ1) is 16.6. The molecule has 0 spiro atoms. The summed E-state index contributed by atoms with van der Waals surface area (Å²) < 4.78 is 0. The third-order valence-corrected chi connectivity index (χ3v) is 4.63. The summed E-state index contributed by atoms with van der Waals surface area (Å²) in [5.74, 6) is -7.52. The lowest BCUT2D eigenvalue weighted by Gasteiger charge is -2.26. The van der Waals surface area contributed by atoms with E-state index < -0.39 is 85.2 Å². The Bertz CT molecular complexity index is 844. The average Bonchev–Trinajstić information content (AvgIpc) is 2.75. The summed E-state index contributed by atoms with van der Waals surface area (Å²) in [6.45, 7) is 1.21. The van der Waals surface area contributed by atoms with E-state index in [0.29, 0.717) is 0 Å². The van der Waals surface area contributed by atoms with E-state index in [1.165, 1.54) is 0 Å². The molecular formula is C19H33N7O10. The maximum Gasteiger partial charge on any atom is 0.326 e. The fourth-order valence-corrected chi connectivity index (χ4v) is 2.78. The number of aliphatic hydroxyl groups excluding tert-OH is 1. The fraction of sp³-hybridized carbons (Fsp3) is 0.632. The standard InChI is InChI=1S/C19H33N7O10/c1-8(27)14(26-15(32)9(20)7-13(30)31)17(34)24-10(4-5-12(28)29)16(33)25-11(18(35)36)3-2-6-23-19(21)22/h8-11,14,27H,2-7,20H2,1H3,(H,24,34)(H,25,33)(H,26,32)(H,28,29)(H,30,31)(H,35,36)(H4,21,22,23). The predicted octanol–water partition coefficient (Wildman–Crippen LogP) is -4.37. The van der Waals surface area contributed by atoms with E-state index in [2.05, 4.69) is 20.9 Å². The van der Waals surface area contributed by atoms with Crippen molar-refractivity contribution in [3.05, 3.63) is 0 Å². The van der Waals surface area contributed by atoms with Crippen molar-refractivity contribution in [2.45, 2.75) is 69.3 Å². The molecule has 0 aliphatic rings. The highest BCUT2D eigenvalue weighted by Crippen LogP contribution is 2.05. The normalized spacial score (nSPS) is 14.8. The first-order valence-electron chi connectivity index (χ1n) is 10.7. The third kappa shape index (κ3) is 13.0. The number of amides is 3. The first kappa shape index (κ1) is 32.0. The number of carbonyl (C=O) groups excluding carboxylic acids is 3. The van der Waals surface area contributed by atoms with Crippen LogP contribution in [0.25, 0.3) is 0 Å². The van der Waals surface area contributed by atoms with Crippen LogP contribution in [0.2, 0.25) is 0 Å². The smallest absolute Gasteiger partial charge is 0.326 e. The molecule has 0 saturated carbocycles. The van der Waals surface area contributed by atoms with E-state index in [-0.39, 0.29) is 25.3 Å². The molecule has 0 saturated heterocycles. The minimum Gasteiger partial charge on any atom is -0.481 e. The molecule has 3 amide bonds. The van der Waals surface area contributed by atoms with Crippen molar-refractivity contribution in [2.75, 3.05) is 6.54 Å². The van der Waals surface area contributed by atoms with Gasteiger partial charge in [0.25, 0.3) is 0 Å². The Balaban J connectivity index is 5.49. The summed E-state index contributed by atoms with van der Waals surface area (Å²) in [5.41, 5.74) is 15.8. The van der Waals surface area contributed by atoms with Crippen molar-refractivity contribution in [1.82, 2.24) is 16.0 Å². The highest BCUT2D eigenvalue weighted by Gasteiger charge is 2.32. The van der Waals surface area contributed by atoms with Crippen LogP contribution < -0.4 is 33.2 Å². The number of nitrogens with one attached hydrogen (secondary N) is 3. The number of carboxylic acids is 3. The van der Waals surface area contributed by atoms with Gasteiger partial charge in [-0.05, 0) is 26.2 Å². The summed E-state index contributed by atoms with van der Waals surface area (Å²) in [5, 5.41) is 43.4. The Kier molecular flexibility index (Phi) is 14.1. The molecule has 0 fully saturated rings. The summed E-state index contributed by atoms with van der Waals surface area (Å²) in [4.78, 5) is 74.4. The zero-order valence-electron chi connectivity index (χ0n) is 19.5. The van der Waals surface area contributed by atoms with Crippen LogP contribution in [0, 0.1) is 0 Å². The van der Waals surface area contributed by atoms with E-state index in [1.54, 1.807) is 0 Å². The molecule has 17 nitrogen and oxygen atoms in total. The van der Waals surface area contributed by atoms with E-state index in [4.69, 9.17) is 27.4 Å². The average molecular weight is 520 g/mol. The highest BCUT2D eigenvalue weighted by atomic mass is 16.4. The Hall–Kier alpha value is -3.99. The molecule has 0 rings (SSSR count). The van der Waals surface area contributed by atoms with E-state index in [1.807, 2.05) is 0 Å². The molecule has 0 radical (unpaired) electrons. The maximum atomic E-state index is 12.7. The van der Waals surface area contributed by atoms with Gasteiger partial charge in [-0.15, -0.1) is 0 Å². The van der Waals surface area contributed by atoms with Crippen molar-refractivity contribution in [3.63, 3.8) is 0 Å². The second-order valence-corrected chi connectivity index (χ2v) is 7.77. The van der Waals surface area contributed by atoms with Gasteiger partial charge in [0, 0.05) is 13.0 Å². The lowest BCUT2D eigenvalue weighted by Crippen LogP contribution is -2.59. The number of carboxylic acid groups (broad SMARTS) is 3. The summed E-state index contributed by atoms with van der Waals surface area (Å²) in [6, 6.07) is -6.21. The van der Waals surface area contributed by atoms with Crippen LogP contribution in [0.3, 0.4) is 0 Å². The van der Waals surface area contributed by atoms with Gasteiger partial charge in [-0.1, -0.05) is 0 Å². The molecule has 0 aromatic heterocycles. The quantitative estimate of drug-likeness (QED) is 0.0493.